The second-order valence-electron chi connectivity index (χ2n) is 14.7. The largest absolute Gasteiger partial charge is 0.542 e. The van der Waals surface area contributed by atoms with Crippen LogP contribution in [0.1, 0.15) is 47.5 Å². The Bertz CT molecular complexity index is 1520. The number of ether oxygens (including phenoxy) is 6. The van der Waals surface area contributed by atoms with E-state index >= 15 is 0 Å². The van der Waals surface area contributed by atoms with Gasteiger partial charge in [0, 0.05) is 42.3 Å². The maximum atomic E-state index is 13.5. The molecule has 2 aliphatic heterocycles. The molecule has 1 unspecified atom stereocenters. The zero-order chi connectivity index (χ0) is 39.6. The number of cyclic esters (lactones) is 1. The van der Waals surface area contributed by atoms with E-state index in [1.807, 2.05) is 51.2 Å². The van der Waals surface area contributed by atoms with Crippen LogP contribution in [0.4, 0.5) is 18.0 Å². The van der Waals surface area contributed by atoms with Crippen molar-refractivity contribution in [1.82, 2.24) is 0 Å². The van der Waals surface area contributed by atoms with Crippen LogP contribution in [-0.2, 0) is 42.8 Å². The van der Waals surface area contributed by atoms with Gasteiger partial charge in [-0.25, -0.2) is 14.4 Å². The number of hydrogen-bond acceptors (Lipinski definition) is 13. The molecule has 0 aromatic rings. The van der Waals surface area contributed by atoms with E-state index in [4.69, 9.17) is 38.3 Å². The zero-order valence-corrected chi connectivity index (χ0v) is 30.4. The number of alkyl halides is 3. The van der Waals surface area contributed by atoms with Crippen molar-refractivity contribution in [2.24, 2.45) is 29.6 Å². The summed E-state index contributed by atoms with van der Waals surface area (Å²) in [6.07, 6.45) is 1.12. The average molecular weight is 760 g/mol. The first-order valence-electron chi connectivity index (χ1n) is 17.3. The molecule has 14 nitrogen and oxygen atoms in total. The van der Waals surface area contributed by atoms with Crippen LogP contribution >= 0.6 is 0 Å². The number of allylic oxidation sites excluding steroid dienone is 3. The number of rotatable bonds is 8. The number of aliphatic hydroxyl groups excluding tert-OH is 2. The van der Waals surface area contributed by atoms with Crippen LogP contribution in [-0.4, -0.2) is 109 Å². The molecule has 0 aromatic heterocycles. The van der Waals surface area contributed by atoms with E-state index in [0.29, 0.717) is 12.0 Å². The number of carboxylic acids is 1. The maximum Gasteiger partial charge on any atom is 0.508 e. The summed E-state index contributed by atoms with van der Waals surface area (Å²) in [6.45, 7) is 8.48. The molecule has 4 bridgehead atoms. The van der Waals surface area contributed by atoms with Gasteiger partial charge >= 0.3 is 24.3 Å². The molecule has 17 heteroatoms. The fraction of sp³-hybridized carbons (Fsp3) is 0.667. The lowest BCUT2D eigenvalue weighted by atomic mass is 9.57. The number of carbonyl (C=O) groups is 4. The molecule has 1 spiro atoms. The predicted octanol–water partition coefficient (Wildman–Crippen LogP) is 1.10. The first-order chi connectivity index (χ1) is 24.7. The molecule has 53 heavy (non-hydrogen) atoms. The van der Waals surface area contributed by atoms with E-state index in [2.05, 4.69) is 5.73 Å². The molecule has 0 radical (unpaired) electrons. The van der Waals surface area contributed by atoms with Gasteiger partial charge in [0.15, 0.2) is 12.7 Å². The minimum Gasteiger partial charge on any atom is -0.542 e. The van der Waals surface area contributed by atoms with Crippen molar-refractivity contribution in [3.05, 3.63) is 47.6 Å². The third kappa shape index (κ3) is 8.80. The van der Waals surface area contributed by atoms with Gasteiger partial charge in [-0.15, -0.1) is 0 Å². The van der Waals surface area contributed by atoms with Gasteiger partial charge in [0.2, 0.25) is 0 Å². The fourth-order valence-corrected chi connectivity index (χ4v) is 7.82. The second-order valence-corrected chi connectivity index (χ2v) is 14.7. The van der Waals surface area contributed by atoms with Crippen molar-refractivity contribution in [2.75, 3.05) is 20.3 Å². The molecule has 3 aliphatic carbocycles. The molecule has 2 heterocycles. The number of carbonyl (C=O) groups excluding carboxylic acids is 4. The van der Waals surface area contributed by atoms with Gasteiger partial charge in [-0.2, -0.15) is 13.2 Å². The van der Waals surface area contributed by atoms with Crippen LogP contribution in [0, 0.1) is 29.6 Å². The van der Waals surface area contributed by atoms with Crippen LogP contribution in [0.3, 0.4) is 0 Å². The lowest BCUT2D eigenvalue weighted by Crippen LogP contribution is -2.75. The quantitative estimate of drug-likeness (QED) is 0.180. The minimum absolute atomic E-state index is 0.163. The summed E-state index contributed by atoms with van der Waals surface area (Å²) in [6, 6.07) is 0. The Hall–Kier alpha value is -3.77. The zero-order valence-electron chi connectivity index (χ0n) is 30.4. The maximum absolute atomic E-state index is 13.5. The summed E-state index contributed by atoms with van der Waals surface area (Å²) in [7, 11) is 1.43. The molecule has 0 aromatic carbocycles. The second kappa shape index (κ2) is 16.3. The first kappa shape index (κ1) is 42.0. The number of aliphatic hydroxyl groups is 2. The number of halogens is 3. The van der Waals surface area contributed by atoms with Gasteiger partial charge < -0.3 is 54.3 Å². The van der Waals surface area contributed by atoms with Gasteiger partial charge in [0.25, 0.3) is 0 Å². The molecule has 1 saturated carbocycles. The van der Waals surface area contributed by atoms with Crippen molar-refractivity contribution in [3.8, 4) is 0 Å². The van der Waals surface area contributed by atoms with Gasteiger partial charge in [0.05, 0.1) is 6.10 Å². The molecule has 5 N–H and O–H groups in total. The van der Waals surface area contributed by atoms with E-state index in [9.17, 15) is 37.8 Å². The summed E-state index contributed by atoms with van der Waals surface area (Å²) in [5, 5.41) is 30.1. The van der Waals surface area contributed by atoms with Gasteiger partial charge in [-0.3, -0.25) is 0 Å². The van der Waals surface area contributed by atoms with Crippen LogP contribution < -0.4 is 10.8 Å². The standard InChI is InChI=1S/C34H47NO11.C2HF3O2/c1-17-13-18(2)34-22(14-24(41-6)31(39)44-27(17)20(4)43-32(40)42-16-33(5,35)15-36)11-12-23-25(34)26(37)19(3)28(29(23)46-34)45-30(38)21-9-7-8-10-21;3-2(4,5)1(6)7/h7-9,11-13,17,19-20,22-29,36-37H,10,14-16,35H2,1-6H3;(H,6,7)/b18-13+;/t17-,19-,20-,22-,23-,24+,25+,26-,27+,28-,29-,33?,34+;/m1./s1. The summed E-state index contributed by atoms with van der Waals surface area (Å²) in [5.74, 6) is -5.87. The number of esters is 2. The Morgan fingerprint density at radius 3 is 2.43 bits per heavy atom. The highest BCUT2D eigenvalue weighted by molar-refractivity contribution is 5.90. The van der Waals surface area contributed by atoms with Crippen molar-refractivity contribution in [1.29, 1.82) is 0 Å². The monoisotopic (exact) mass is 759 g/mol. The number of aliphatic carboxylic acids is 1. The Morgan fingerprint density at radius 2 is 1.87 bits per heavy atom. The predicted molar refractivity (Wildman–Crippen MR) is 174 cm³/mol. The normalized spacial score (nSPS) is 37.2. The molecule has 5 aliphatic rings. The fourth-order valence-electron chi connectivity index (χ4n) is 7.82. The Labute approximate surface area is 304 Å². The molecular weight excluding hydrogens is 711 g/mol. The topological polar surface area (TPSA) is 215 Å². The third-order valence-corrected chi connectivity index (χ3v) is 10.6. The molecule has 296 valence electrons. The number of hydrogen-bond donors (Lipinski definition) is 3. The van der Waals surface area contributed by atoms with Crippen LogP contribution in [0.15, 0.2) is 47.6 Å². The third-order valence-electron chi connectivity index (χ3n) is 10.6. The van der Waals surface area contributed by atoms with E-state index in [1.54, 1.807) is 19.9 Å². The average Bonchev–Trinajstić information content (AvgIpc) is 3.69. The van der Waals surface area contributed by atoms with Gasteiger partial charge in [0.1, 0.15) is 48.1 Å². The first-order valence-corrected chi connectivity index (χ1v) is 17.3. The molecule has 1 saturated heterocycles. The van der Waals surface area contributed by atoms with Crippen LogP contribution in [0.25, 0.3) is 0 Å². The summed E-state index contributed by atoms with van der Waals surface area (Å²) in [5.41, 5.74) is 3.27. The van der Waals surface area contributed by atoms with Crippen molar-refractivity contribution in [2.45, 2.75) is 101 Å². The Balaban J connectivity index is 0.000000815. The molecular formula is C36H48F3NO13. The molecule has 0 amide bonds. The highest BCUT2D eigenvalue weighted by Crippen LogP contribution is 2.61. The minimum atomic E-state index is -5.19. The lowest BCUT2D eigenvalue weighted by molar-refractivity contribution is -0.482. The Morgan fingerprint density at radius 1 is 1.21 bits per heavy atom. The van der Waals surface area contributed by atoms with Crippen molar-refractivity contribution >= 4 is 24.1 Å². The van der Waals surface area contributed by atoms with Gasteiger partial charge in [-0.05, 0) is 39.2 Å². The number of carboxylic acid groups (broad SMARTS) is 1. The summed E-state index contributed by atoms with van der Waals surface area (Å²) in [4.78, 5) is 48.0. The SMILES string of the molecule is CO[C@H]1C[C@H]2C=C[C@H]3[C@H]4O[C@]2(/C(C)=C/[C@@H](C)[C@@H]([C@@H](C)OC(=O)OCC(C)([NH3+])CO)OC1=O)[C@@H]3[C@H](O)[C@@H](C)[C@H]4OC(=O)C1=CC=CC1.O=C([O-])C(F)(F)F. The van der Waals surface area contributed by atoms with Crippen LogP contribution in [0.5, 0.6) is 0 Å². The number of methoxy groups -OCH3 is 1. The highest BCUT2D eigenvalue weighted by Gasteiger charge is 2.69. The van der Waals surface area contributed by atoms with E-state index in [1.165, 1.54) is 7.11 Å². The van der Waals surface area contributed by atoms with Crippen molar-refractivity contribution < 1.29 is 81.8 Å². The molecule has 5 rings (SSSR count). The van der Waals surface area contributed by atoms with E-state index in [0.717, 1.165) is 5.57 Å². The molecule has 2 fully saturated rings. The van der Waals surface area contributed by atoms with Crippen molar-refractivity contribution in [3.63, 3.8) is 0 Å². The van der Waals surface area contributed by atoms with E-state index in [-0.39, 0.29) is 37.4 Å². The highest BCUT2D eigenvalue weighted by atomic mass is 19.4. The van der Waals surface area contributed by atoms with Crippen LogP contribution in [0.2, 0.25) is 0 Å². The lowest BCUT2D eigenvalue weighted by Gasteiger charge is -2.49. The van der Waals surface area contributed by atoms with E-state index < -0.39 is 89.8 Å². The molecule has 13 atom stereocenters. The summed E-state index contributed by atoms with van der Waals surface area (Å²) >= 11 is 0. The Kier molecular flexibility index (Phi) is 12.9. The van der Waals surface area contributed by atoms with Gasteiger partial charge in [-0.1, -0.05) is 50.3 Å². The number of quaternary nitrogens is 1. The smallest absolute Gasteiger partial charge is 0.508 e. The summed E-state index contributed by atoms with van der Waals surface area (Å²) < 4.78 is 66.9.